The minimum atomic E-state index is -0.820. The van der Waals surface area contributed by atoms with Crippen molar-refractivity contribution < 1.29 is 29.3 Å². The van der Waals surface area contributed by atoms with Crippen LogP contribution in [0.25, 0.3) is 5.76 Å². The molecule has 5 rings (SSSR count). The summed E-state index contributed by atoms with van der Waals surface area (Å²) in [6.45, 7) is 1.00. The van der Waals surface area contributed by atoms with E-state index in [1.807, 2.05) is 30.3 Å². The standard InChI is InChI=1S/C26H21NO6/c28-19-9-6-17(7-10-19)23-22(24(29)18-8-11-20-21(14-18)33-13-12-32-20)25(30)26(31)27(23)15-16-4-2-1-3-5-16/h1-11,14,23,28-29H,12-13,15H2/b24-22+. The van der Waals surface area contributed by atoms with Crippen LogP contribution in [-0.4, -0.2) is 40.0 Å². The van der Waals surface area contributed by atoms with Gasteiger partial charge in [0.25, 0.3) is 11.7 Å². The monoisotopic (exact) mass is 443 g/mol. The average molecular weight is 443 g/mol. The van der Waals surface area contributed by atoms with Crippen LogP contribution in [0.1, 0.15) is 22.7 Å². The molecule has 1 amide bonds. The van der Waals surface area contributed by atoms with Gasteiger partial charge in [-0.25, -0.2) is 0 Å². The van der Waals surface area contributed by atoms with Crippen LogP contribution >= 0.6 is 0 Å². The number of rotatable bonds is 4. The van der Waals surface area contributed by atoms with Gasteiger partial charge in [0.1, 0.15) is 24.7 Å². The number of aliphatic hydroxyl groups excluding tert-OH is 1. The van der Waals surface area contributed by atoms with Crippen molar-refractivity contribution in [3.63, 3.8) is 0 Å². The van der Waals surface area contributed by atoms with Crippen LogP contribution < -0.4 is 9.47 Å². The number of fused-ring (bicyclic) bond motifs is 1. The molecule has 0 radical (unpaired) electrons. The summed E-state index contributed by atoms with van der Waals surface area (Å²) in [5, 5.41) is 20.9. The van der Waals surface area contributed by atoms with E-state index in [-0.39, 0.29) is 23.6 Å². The first kappa shape index (κ1) is 20.6. The van der Waals surface area contributed by atoms with E-state index in [2.05, 4.69) is 0 Å². The number of carbonyl (C=O) groups is 2. The Morgan fingerprint density at radius 1 is 0.909 bits per heavy atom. The highest BCUT2D eigenvalue weighted by molar-refractivity contribution is 6.46. The maximum atomic E-state index is 13.1. The molecule has 0 spiro atoms. The number of nitrogens with zero attached hydrogens (tertiary/aromatic N) is 1. The van der Waals surface area contributed by atoms with E-state index in [1.165, 1.54) is 17.0 Å². The zero-order valence-electron chi connectivity index (χ0n) is 17.6. The second-order valence-electron chi connectivity index (χ2n) is 7.86. The predicted octanol–water partition coefficient (Wildman–Crippen LogP) is 3.79. The molecule has 1 saturated heterocycles. The highest BCUT2D eigenvalue weighted by atomic mass is 16.6. The van der Waals surface area contributed by atoms with Crippen molar-refractivity contribution in [2.24, 2.45) is 0 Å². The van der Waals surface area contributed by atoms with Crippen LogP contribution in [0.3, 0.4) is 0 Å². The van der Waals surface area contributed by atoms with E-state index in [0.717, 1.165) is 5.56 Å². The molecule has 0 saturated carbocycles. The van der Waals surface area contributed by atoms with Gasteiger partial charge in [-0.1, -0.05) is 42.5 Å². The SMILES string of the molecule is O=C1C(=O)N(Cc2ccccc2)C(c2ccc(O)cc2)/C1=C(\O)c1ccc2c(c1)OCCO2. The van der Waals surface area contributed by atoms with Gasteiger partial charge in [-0.15, -0.1) is 0 Å². The van der Waals surface area contributed by atoms with Gasteiger partial charge in [0.15, 0.2) is 11.5 Å². The molecule has 33 heavy (non-hydrogen) atoms. The van der Waals surface area contributed by atoms with Crippen molar-refractivity contribution >= 4 is 17.4 Å². The molecule has 2 aliphatic heterocycles. The third-order valence-corrected chi connectivity index (χ3v) is 5.76. The van der Waals surface area contributed by atoms with E-state index < -0.39 is 17.7 Å². The maximum absolute atomic E-state index is 13.1. The summed E-state index contributed by atoms with van der Waals surface area (Å²) in [6.07, 6.45) is 0. The quantitative estimate of drug-likeness (QED) is 0.362. The number of ether oxygens (including phenoxy) is 2. The Morgan fingerprint density at radius 2 is 1.61 bits per heavy atom. The number of aromatic hydroxyl groups is 1. The number of phenols is 1. The Hall–Kier alpha value is -4.26. The zero-order valence-corrected chi connectivity index (χ0v) is 17.6. The summed E-state index contributed by atoms with van der Waals surface area (Å²) >= 11 is 0. The lowest BCUT2D eigenvalue weighted by Gasteiger charge is -2.25. The summed E-state index contributed by atoms with van der Waals surface area (Å²) in [4.78, 5) is 27.7. The molecule has 7 nitrogen and oxygen atoms in total. The van der Waals surface area contributed by atoms with Crippen molar-refractivity contribution in [1.29, 1.82) is 0 Å². The van der Waals surface area contributed by atoms with Crippen molar-refractivity contribution in [2.45, 2.75) is 12.6 Å². The number of phenolic OH excluding ortho intramolecular Hbond substituents is 1. The number of benzene rings is 3. The van der Waals surface area contributed by atoms with Crippen LogP contribution in [0.4, 0.5) is 0 Å². The Labute approximate surface area is 190 Å². The lowest BCUT2D eigenvalue weighted by Crippen LogP contribution is -2.29. The summed E-state index contributed by atoms with van der Waals surface area (Å²) in [7, 11) is 0. The Morgan fingerprint density at radius 3 is 2.33 bits per heavy atom. The second-order valence-corrected chi connectivity index (χ2v) is 7.86. The smallest absolute Gasteiger partial charge is 0.295 e. The van der Waals surface area contributed by atoms with Gasteiger partial charge in [-0.05, 0) is 41.5 Å². The fraction of sp³-hybridized carbons (Fsp3) is 0.154. The van der Waals surface area contributed by atoms with Gasteiger partial charge in [-0.2, -0.15) is 0 Å². The molecule has 0 bridgehead atoms. The van der Waals surface area contributed by atoms with Crippen molar-refractivity contribution in [2.75, 3.05) is 13.2 Å². The molecule has 166 valence electrons. The molecular weight excluding hydrogens is 422 g/mol. The Kier molecular flexibility index (Phi) is 5.22. The average Bonchev–Trinajstić information content (AvgIpc) is 3.09. The normalized spacial score (nSPS) is 19.0. The van der Waals surface area contributed by atoms with Crippen molar-refractivity contribution in [3.05, 3.63) is 95.1 Å². The van der Waals surface area contributed by atoms with E-state index in [1.54, 1.807) is 30.3 Å². The number of Topliss-reactive ketones (excluding diaryl/α,β-unsaturated/α-hetero) is 1. The molecule has 2 heterocycles. The van der Waals surface area contributed by atoms with Crippen LogP contribution in [-0.2, 0) is 16.1 Å². The molecule has 1 unspecified atom stereocenters. The van der Waals surface area contributed by atoms with Gasteiger partial charge in [0.05, 0.1) is 11.6 Å². The van der Waals surface area contributed by atoms with E-state index >= 15 is 0 Å². The van der Waals surface area contributed by atoms with Gasteiger partial charge in [0, 0.05) is 12.1 Å². The van der Waals surface area contributed by atoms with Gasteiger partial charge in [0.2, 0.25) is 0 Å². The van der Waals surface area contributed by atoms with Crippen molar-refractivity contribution in [1.82, 2.24) is 4.90 Å². The maximum Gasteiger partial charge on any atom is 0.295 e. The number of hydrogen-bond acceptors (Lipinski definition) is 6. The predicted molar refractivity (Wildman–Crippen MR) is 120 cm³/mol. The fourth-order valence-electron chi connectivity index (χ4n) is 4.17. The summed E-state index contributed by atoms with van der Waals surface area (Å²) in [5.74, 6) is -0.681. The lowest BCUT2D eigenvalue weighted by atomic mass is 9.95. The lowest BCUT2D eigenvalue weighted by molar-refractivity contribution is -0.140. The minimum Gasteiger partial charge on any atom is -0.508 e. The molecule has 0 aliphatic carbocycles. The highest BCUT2D eigenvalue weighted by Crippen LogP contribution is 2.42. The fourth-order valence-corrected chi connectivity index (χ4v) is 4.17. The number of aliphatic hydroxyl groups is 1. The molecule has 1 fully saturated rings. The van der Waals surface area contributed by atoms with Gasteiger partial charge < -0.3 is 24.6 Å². The molecule has 0 aromatic heterocycles. The van der Waals surface area contributed by atoms with Crippen molar-refractivity contribution in [3.8, 4) is 17.2 Å². The summed E-state index contributed by atoms with van der Waals surface area (Å²) in [6, 6.07) is 19.7. The summed E-state index contributed by atoms with van der Waals surface area (Å²) in [5.41, 5.74) is 1.78. The molecule has 3 aromatic carbocycles. The highest BCUT2D eigenvalue weighted by Gasteiger charge is 2.46. The number of hydrogen-bond donors (Lipinski definition) is 2. The summed E-state index contributed by atoms with van der Waals surface area (Å²) < 4.78 is 11.1. The molecule has 2 aliphatic rings. The molecule has 7 heteroatoms. The van der Waals surface area contributed by atoms with Crippen LogP contribution in [0.15, 0.2) is 78.4 Å². The molecule has 2 N–H and O–H groups in total. The third kappa shape index (κ3) is 3.78. The number of ketones is 1. The van der Waals surface area contributed by atoms with Crippen LogP contribution in [0, 0.1) is 0 Å². The molecule has 1 atom stereocenters. The van der Waals surface area contributed by atoms with Crippen LogP contribution in [0.5, 0.6) is 17.2 Å². The Bertz CT molecular complexity index is 1250. The first-order valence-corrected chi connectivity index (χ1v) is 10.5. The second kappa shape index (κ2) is 8.35. The molecular formula is C26H21NO6. The molecule has 3 aromatic rings. The Balaban J connectivity index is 1.63. The first-order chi connectivity index (χ1) is 16.0. The third-order valence-electron chi connectivity index (χ3n) is 5.76. The number of carbonyl (C=O) groups excluding carboxylic acids is 2. The number of likely N-dealkylation sites (tertiary alicyclic amines) is 1. The zero-order chi connectivity index (χ0) is 22.9. The largest absolute Gasteiger partial charge is 0.508 e. The van der Waals surface area contributed by atoms with E-state index in [0.29, 0.717) is 35.8 Å². The number of amides is 1. The van der Waals surface area contributed by atoms with Gasteiger partial charge >= 0.3 is 0 Å². The van der Waals surface area contributed by atoms with Crippen LogP contribution in [0.2, 0.25) is 0 Å². The van der Waals surface area contributed by atoms with E-state index in [9.17, 15) is 19.8 Å². The minimum absolute atomic E-state index is 0.0155. The topological polar surface area (TPSA) is 96.3 Å². The van der Waals surface area contributed by atoms with E-state index in [4.69, 9.17) is 9.47 Å². The van der Waals surface area contributed by atoms with Gasteiger partial charge in [-0.3, -0.25) is 9.59 Å². The first-order valence-electron chi connectivity index (χ1n) is 10.5.